The van der Waals surface area contributed by atoms with Crippen molar-refractivity contribution in [3.63, 3.8) is 0 Å². The first-order chi connectivity index (χ1) is 13.8. The summed E-state index contributed by atoms with van der Waals surface area (Å²) < 4.78 is 0. The van der Waals surface area contributed by atoms with Crippen molar-refractivity contribution in [3.8, 4) is 0 Å². The summed E-state index contributed by atoms with van der Waals surface area (Å²) in [5.41, 5.74) is 10.8. The number of carbonyl (C=O) groups excluding carboxylic acids is 1. The summed E-state index contributed by atoms with van der Waals surface area (Å²) in [5.74, 6) is 0.394. The van der Waals surface area contributed by atoms with Gasteiger partial charge in [0, 0.05) is 56.4 Å². The number of anilines is 1. The number of amides is 1. The van der Waals surface area contributed by atoms with Crippen molar-refractivity contribution in [1.82, 2.24) is 26.6 Å². The fourth-order valence-electron chi connectivity index (χ4n) is 4.65. The Hall–Kier alpha value is -1.67. The van der Waals surface area contributed by atoms with Gasteiger partial charge in [-0.1, -0.05) is 18.2 Å². The second-order valence-electron chi connectivity index (χ2n) is 8.30. The van der Waals surface area contributed by atoms with Crippen LogP contribution in [0, 0.1) is 5.92 Å². The average molecular weight is 387 g/mol. The van der Waals surface area contributed by atoms with Crippen molar-refractivity contribution in [2.75, 3.05) is 44.2 Å². The molecule has 7 heteroatoms. The standard InChI is InChI=1S/C21H34N6O/c28-21(17-8-9-19-20(16-17)24-25-23-19)22-10-4-5-11-26-12-14-27(15-13-26)18-6-2-1-3-7-18/h1-3,6-7,17,19-20,23-25H,4-5,8-16H2,(H,22,28). The topological polar surface area (TPSA) is 71.7 Å². The minimum absolute atomic E-state index is 0.154. The summed E-state index contributed by atoms with van der Waals surface area (Å²) in [5, 5.41) is 3.16. The van der Waals surface area contributed by atoms with Crippen LogP contribution in [0.25, 0.3) is 0 Å². The number of nitrogens with one attached hydrogen (secondary N) is 4. The van der Waals surface area contributed by atoms with E-state index < -0.39 is 0 Å². The third kappa shape index (κ3) is 5.03. The molecule has 1 aromatic carbocycles. The molecular formula is C21H34N6O. The summed E-state index contributed by atoms with van der Waals surface area (Å²) in [7, 11) is 0. The molecule has 3 unspecified atom stereocenters. The molecule has 0 radical (unpaired) electrons. The molecule has 28 heavy (non-hydrogen) atoms. The highest BCUT2D eigenvalue weighted by Crippen LogP contribution is 2.26. The zero-order chi connectivity index (χ0) is 19.2. The van der Waals surface area contributed by atoms with Crippen LogP contribution >= 0.6 is 0 Å². The minimum Gasteiger partial charge on any atom is -0.369 e. The van der Waals surface area contributed by atoms with E-state index in [2.05, 4.69) is 61.8 Å². The van der Waals surface area contributed by atoms with E-state index in [9.17, 15) is 4.79 Å². The molecule has 1 saturated carbocycles. The van der Waals surface area contributed by atoms with E-state index in [1.54, 1.807) is 0 Å². The Labute approximate surface area is 168 Å². The van der Waals surface area contributed by atoms with E-state index in [1.165, 1.54) is 5.69 Å². The van der Waals surface area contributed by atoms with Crippen molar-refractivity contribution in [1.29, 1.82) is 0 Å². The molecule has 2 aliphatic heterocycles. The molecule has 0 aromatic heterocycles. The van der Waals surface area contributed by atoms with Crippen LogP contribution < -0.4 is 26.6 Å². The van der Waals surface area contributed by atoms with Gasteiger partial charge in [-0.2, -0.15) is 5.53 Å². The number of hydrazine groups is 2. The summed E-state index contributed by atoms with van der Waals surface area (Å²) in [4.78, 5) is 17.4. The van der Waals surface area contributed by atoms with Crippen LogP contribution in [0.4, 0.5) is 5.69 Å². The molecule has 154 valence electrons. The van der Waals surface area contributed by atoms with E-state index in [0.29, 0.717) is 12.1 Å². The number of para-hydroxylation sites is 1. The lowest BCUT2D eigenvalue weighted by molar-refractivity contribution is -0.126. The van der Waals surface area contributed by atoms with Gasteiger partial charge in [-0.05, 0) is 50.8 Å². The van der Waals surface area contributed by atoms with Gasteiger partial charge < -0.3 is 10.2 Å². The number of carbonyl (C=O) groups is 1. The van der Waals surface area contributed by atoms with Gasteiger partial charge in [0.25, 0.3) is 0 Å². The van der Waals surface area contributed by atoms with Crippen LogP contribution in [0.5, 0.6) is 0 Å². The van der Waals surface area contributed by atoms with Crippen molar-refractivity contribution in [2.24, 2.45) is 5.92 Å². The molecule has 4 N–H and O–H groups in total. The molecule has 1 aliphatic carbocycles. The molecule has 3 fully saturated rings. The van der Waals surface area contributed by atoms with Crippen LogP contribution in [0.1, 0.15) is 32.1 Å². The Morgan fingerprint density at radius 3 is 2.61 bits per heavy atom. The highest BCUT2D eigenvalue weighted by Gasteiger charge is 2.36. The van der Waals surface area contributed by atoms with Crippen LogP contribution in [-0.2, 0) is 4.79 Å². The lowest BCUT2D eigenvalue weighted by atomic mass is 9.82. The predicted octanol–water partition coefficient (Wildman–Crippen LogP) is 0.855. The van der Waals surface area contributed by atoms with Gasteiger partial charge in [-0.15, -0.1) is 0 Å². The summed E-state index contributed by atoms with van der Waals surface area (Å²) >= 11 is 0. The van der Waals surface area contributed by atoms with Crippen LogP contribution in [0.2, 0.25) is 0 Å². The number of unbranched alkanes of at least 4 members (excludes halogenated alkanes) is 1. The Morgan fingerprint density at radius 1 is 1.00 bits per heavy atom. The third-order valence-electron chi connectivity index (χ3n) is 6.43. The first-order valence-electron chi connectivity index (χ1n) is 10.9. The number of benzene rings is 1. The van der Waals surface area contributed by atoms with Crippen molar-refractivity contribution < 1.29 is 4.79 Å². The van der Waals surface area contributed by atoms with Gasteiger partial charge in [0.05, 0.1) is 0 Å². The molecule has 7 nitrogen and oxygen atoms in total. The van der Waals surface area contributed by atoms with E-state index >= 15 is 0 Å². The number of hydrogen-bond donors (Lipinski definition) is 4. The molecule has 2 saturated heterocycles. The van der Waals surface area contributed by atoms with E-state index in [1.807, 2.05) is 0 Å². The monoisotopic (exact) mass is 386 g/mol. The summed E-state index contributed by atoms with van der Waals surface area (Å²) in [6.07, 6.45) is 5.16. The average Bonchev–Trinajstić information content (AvgIpc) is 3.22. The van der Waals surface area contributed by atoms with Crippen LogP contribution in [0.3, 0.4) is 0 Å². The molecular weight excluding hydrogens is 352 g/mol. The normalized spacial score (nSPS) is 28.1. The van der Waals surface area contributed by atoms with E-state index in [4.69, 9.17) is 0 Å². The third-order valence-corrected chi connectivity index (χ3v) is 6.43. The molecule has 0 spiro atoms. The number of fused-ring (bicyclic) bond motifs is 1. The Morgan fingerprint density at radius 2 is 1.79 bits per heavy atom. The maximum absolute atomic E-state index is 12.4. The first kappa shape index (κ1) is 19.6. The van der Waals surface area contributed by atoms with Gasteiger partial charge in [0.2, 0.25) is 5.91 Å². The Balaban J connectivity index is 1.07. The Kier molecular flexibility index (Phi) is 6.80. The van der Waals surface area contributed by atoms with Crippen LogP contribution in [-0.4, -0.2) is 62.2 Å². The molecule has 3 atom stereocenters. The quantitative estimate of drug-likeness (QED) is 0.521. The predicted molar refractivity (Wildman–Crippen MR) is 112 cm³/mol. The highest BCUT2D eigenvalue weighted by atomic mass is 16.1. The number of nitrogens with zero attached hydrogens (tertiary/aromatic N) is 2. The van der Waals surface area contributed by atoms with Crippen molar-refractivity contribution in [3.05, 3.63) is 30.3 Å². The maximum atomic E-state index is 12.4. The second kappa shape index (κ2) is 9.69. The number of rotatable bonds is 7. The summed E-state index contributed by atoms with van der Waals surface area (Å²) in [6.45, 7) is 6.39. The lowest BCUT2D eigenvalue weighted by Gasteiger charge is -2.36. The smallest absolute Gasteiger partial charge is 0.223 e. The Bertz CT molecular complexity index is 619. The fraction of sp³-hybridized carbons (Fsp3) is 0.667. The van der Waals surface area contributed by atoms with Gasteiger partial charge in [0.1, 0.15) is 0 Å². The minimum atomic E-state index is 0.154. The zero-order valence-electron chi connectivity index (χ0n) is 16.7. The fourth-order valence-corrected chi connectivity index (χ4v) is 4.65. The van der Waals surface area contributed by atoms with Crippen LogP contribution in [0.15, 0.2) is 30.3 Å². The highest BCUT2D eigenvalue weighted by molar-refractivity contribution is 5.78. The summed E-state index contributed by atoms with van der Waals surface area (Å²) in [6, 6.07) is 11.5. The van der Waals surface area contributed by atoms with Gasteiger partial charge in [0.15, 0.2) is 0 Å². The lowest BCUT2D eigenvalue weighted by Crippen LogP contribution is -2.46. The largest absolute Gasteiger partial charge is 0.369 e. The van der Waals surface area contributed by atoms with Gasteiger partial charge >= 0.3 is 0 Å². The zero-order valence-corrected chi connectivity index (χ0v) is 16.7. The van der Waals surface area contributed by atoms with Gasteiger partial charge in [-0.25, -0.2) is 10.9 Å². The molecule has 0 bridgehead atoms. The second-order valence-corrected chi connectivity index (χ2v) is 8.30. The van der Waals surface area contributed by atoms with E-state index in [0.717, 1.165) is 71.4 Å². The number of hydrogen-bond acceptors (Lipinski definition) is 6. The van der Waals surface area contributed by atoms with Crippen molar-refractivity contribution >= 4 is 11.6 Å². The molecule has 3 aliphatic rings. The number of piperazine rings is 1. The molecule has 4 rings (SSSR count). The maximum Gasteiger partial charge on any atom is 0.223 e. The molecule has 2 heterocycles. The molecule has 1 aromatic rings. The van der Waals surface area contributed by atoms with E-state index in [-0.39, 0.29) is 11.8 Å². The van der Waals surface area contributed by atoms with Crippen molar-refractivity contribution in [2.45, 2.75) is 44.2 Å². The molecule has 1 amide bonds. The first-order valence-corrected chi connectivity index (χ1v) is 10.9. The van der Waals surface area contributed by atoms with Gasteiger partial charge in [-0.3, -0.25) is 9.69 Å². The SMILES string of the molecule is O=C(NCCCCN1CCN(c2ccccc2)CC1)C1CCC2NNNC2C1.